The Balaban J connectivity index is 1.61. The normalized spacial score (nSPS) is 10.5. The number of amides is 2. The van der Waals surface area contributed by atoms with Crippen molar-refractivity contribution >= 4 is 34.4 Å². The fourth-order valence-electron chi connectivity index (χ4n) is 2.79. The lowest BCUT2D eigenvalue weighted by atomic mass is 10.1. The molecular weight excluding hydrogens is 374 g/mol. The zero-order chi connectivity index (χ0) is 20.6. The number of anilines is 2. The first-order valence-corrected chi connectivity index (χ1v) is 9.14. The third-order valence-electron chi connectivity index (χ3n) is 4.24. The minimum atomic E-state index is -0.449. The molecule has 3 rings (SSSR count). The number of hydrogen-bond acceptors (Lipinski definition) is 6. The summed E-state index contributed by atoms with van der Waals surface area (Å²) in [6.45, 7) is 0.411. The zero-order valence-electron chi connectivity index (χ0n) is 15.6. The summed E-state index contributed by atoms with van der Waals surface area (Å²) in [7, 11) is 0. The third-order valence-corrected chi connectivity index (χ3v) is 4.24. The van der Waals surface area contributed by atoms with Crippen LogP contribution in [0.5, 0.6) is 0 Å². The molecule has 0 aliphatic carbocycles. The van der Waals surface area contributed by atoms with Crippen molar-refractivity contribution < 1.29 is 14.8 Å². The van der Waals surface area contributed by atoms with Crippen molar-refractivity contribution in [3.63, 3.8) is 0 Å². The van der Waals surface area contributed by atoms with Crippen LogP contribution < -0.4 is 21.7 Å². The standard InChI is InChI=1S/C20H21N5O4/c26-17(25-29)10-3-4-11-21-18(27)13-6-5-7-14(12-13)22-20-23-16-9-2-1-8-15(16)19(28)24-20/h1-2,5-9,12,29H,3-4,10-11H2,(H,21,27)(H,25,26)(H2,22,23,24,28). The molecule has 29 heavy (non-hydrogen) atoms. The van der Waals surface area contributed by atoms with Crippen LogP contribution in [0.15, 0.2) is 53.3 Å². The highest BCUT2D eigenvalue weighted by Gasteiger charge is 2.08. The minimum absolute atomic E-state index is 0.197. The van der Waals surface area contributed by atoms with E-state index in [4.69, 9.17) is 5.21 Å². The van der Waals surface area contributed by atoms with E-state index < -0.39 is 5.91 Å². The summed E-state index contributed by atoms with van der Waals surface area (Å²) in [5.74, 6) is -0.413. The second-order valence-corrected chi connectivity index (χ2v) is 6.39. The predicted octanol–water partition coefficient (Wildman–Crippen LogP) is 2.07. The van der Waals surface area contributed by atoms with Crippen molar-refractivity contribution in [2.45, 2.75) is 19.3 Å². The Labute approximate surface area is 166 Å². The quantitative estimate of drug-likeness (QED) is 0.225. The summed E-state index contributed by atoms with van der Waals surface area (Å²) in [6.07, 6.45) is 1.36. The number of hydroxylamine groups is 1. The van der Waals surface area contributed by atoms with Gasteiger partial charge in [0.25, 0.3) is 11.5 Å². The van der Waals surface area contributed by atoms with Crippen LogP contribution in [0.4, 0.5) is 11.6 Å². The molecule has 0 saturated heterocycles. The van der Waals surface area contributed by atoms with Crippen LogP contribution in [-0.2, 0) is 4.79 Å². The van der Waals surface area contributed by atoms with Crippen molar-refractivity contribution in [3.8, 4) is 0 Å². The molecule has 0 unspecified atom stereocenters. The molecule has 150 valence electrons. The number of para-hydroxylation sites is 1. The molecule has 0 bridgehead atoms. The maximum atomic E-state index is 12.3. The third kappa shape index (κ3) is 5.39. The molecule has 9 heteroatoms. The van der Waals surface area contributed by atoms with E-state index in [-0.39, 0.29) is 23.8 Å². The van der Waals surface area contributed by atoms with Crippen LogP contribution in [0.1, 0.15) is 29.6 Å². The monoisotopic (exact) mass is 395 g/mol. The highest BCUT2D eigenvalue weighted by Crippen LogP contribution is 2.16. The molecule has 2 amide bonds. The molecule has 0 fully saturated rings. The highest BCUT2D eigenvalue weighted by molar-refractivity contribution is 5.95. The Kier molecular flexibility index (Phi) is 6.54. The summed E-state index contributed by atoms with van der Waals surface area (Å²) in [4.78, 5) is 42.4. The van der Waals surface area contributed by atoms with E-state index in [1.54, 1.807) is 54.0 Å². The lowest BCUT2D eigenvalue weighted by Crippen LogP contribution is -2.25. The second kappa shape index (κ2) is 9.47. The molecule has 1 heterocycles. The van der Waals surface area contributed by atoms with Crippen molar-refractivity contribution in [1.82, 2.24) is 20.8 Å². The summed E-state index contributed by atoms with van der Waals surface area (Å²) >= 11 is 0. The van der Waals surface area contributed by atoms with Gasteiger partial charge in [0.1, 0.15) is 0 Å². The summed E-state index contributed by atoms with van der Waals surface area (Å²) in [5.41, 5.74) is 2.95. The lowest BCUT2D eigenvalue weighted by molar-refractivity contribution is -0.129. The highest BCUT2D eigenvalue weighted by atomic mass is 16.5. The van der Waals surface area contributed by atoms with Gasteiger partial charge in [0, 0.05) is 24.2 Å². The van der Waals surface area contributed by atoms with Gasteiger partial charge in [0.05, 0.1) is 10.9 Å². The number of unbranched alkanes of at least 4 members (excludes halogenated alkanes) is 1. The molecule has 0 saturated carbocycles. The minimum Gasteiger partial charge on any atom is -0.352 e. The van der Waals surface area contributed by atoms with E-state index >= 15 is 0 Å². The molecule has 1 aromatic heterocycles. The van der Waals surface area contributed by atoms with Crippen LogP contribution >= 0.6 is 0 Å². The average Bonchev–Trinajstić information content (AvgIpc) is 2.73. The number of H-pyrrole nitrogens is 1. The number of benzene rings is 2. The fourth-order valence-corrected chi connectivity index (χ4v) is 2.79. The SMILES string of the molecule is O=C(CCCCNC(=O)c1cccc(Nc2nc3ccccc3c(=O)[nH]2)c1)NO. The van der Waals surface area contributed by atoms with E-state index in [1.807, 2.05) is 0 Å². The van der Waals surface area contributed by atoms with Gasteiger partial charge in [0.15, 0.2) is 0 Å². The van der Waals surface area contributed by atoms with Gasteiger partial charge in [-0.1, -0.05) is 18.2 Å². The van der Waals surface area contributed by atoms with Crippen molar-refractivity contribution in [2.75, 3.05) is 11.9 Å². The van der Waals surface area contributed by atoms with Gasteiger partial charge in [-0.05, 0) is 43.2 Å². The second-order valence-electron chi connectivity index (χ2n) is 6.39. The smallest absolute Gasteiger partial charge is 0.260 e. The van der Waals surface area contributed by atoms with Crippen LogP contribution in [-0.4, -0.2) is 33.5 Å². The van der Waals surface area contributed by atoms with Crippen LogP contribution in [0.25, 0.3) is 10.9 Å². The maximum Gasteiger partial charge on any atom is 0.260 e. The molecule has 0 radical (unpaired) electrons. The van der Waals surface area contributed by atoms with Crippen molar-refractivity contribution in [1.29, 1.82) is 0 Å². The first-order valence-electron chi connectivity index (χ1n) is 9.14. The Morgan fingerprint density at radius 2 is 1.90 bits per heavy atom. The van der Waals surface area contributed by atoms with Gasteiger partial charge in [-0.2, -0.15) is 0 Å². The number of aromatic amines is 1. The van der Waals surface area contributed by atoms with Gasteiger partial charge in [-0.3, -0.25) is 24.6 Å². The zero-order valence-corrected chi connectivity index (χ0v) is 15.6. The van der Waals surface area contributed by atoms with E-state index in [0.717, 1.165) is 0 Å². The van der Waals surface area contributed by atoms with Gasteiger partial charge < -0.3 is 10.6 Å². The summed E-state index contributed by atoms with van der Waals surface area (Å²) < 4.78 is 0. The molecule has 2 aromatic carbocycles. The Morgan fingerprint density at radius 3 is 2.72 bits per heavy atom. The number of nitrogens with zero attached hydrogens (tertiary/aromatic N) is 1. The van der Waals surface area contributed by atoms with Crippen LogP contribution in [0, 0.1) is 0 Å². The van der Waals surface area contributed by atoms with Gasteiger partial charge >= 0.3 is 0 Å². The van der Waals surface area contributed by atoms with E-state index in [2.05, 4.69) is 20.6 Å². The Morgan fingerprint density at radius 1 is 1.07 bits per heavy atom. The largest absolute Gasteiger partial charge is 0.352 e. The summed E-state index contributed by atoms with van der Waals surface area (Å²) in [6, 6.07) is 13.9. The summed E-state index contributed by atoms with van der Waals surface area (Å²) in [5, 5.41) is 14.7. The van der Waals surface area contributed by atoms with Gasteiger partial charge in [0.2, 0.25) is 11.9 Å². The molecule has 5 N–H and O–H groups in total. The van der Waals surface area contributed by atoms with Crippen LogP contribution in [0.3, 0.4) is 0 Å². The predicted molar refractivity (Wildman–Crippen MR) is 108 cm³/mol. The van der Waals surface area contributed by atoms with Crippen molar-refractivity contribution in [2.24, 2.45) is 0 Å². The number of nitrogens with one attached hydrogen (secondary N) is 4. The average molecular weight is 395 g/mol. The van der Waals surface area contributed by atoms with Crippen molar-refractivity contribution in [3.05, 3.63) is 64.4 Å². The maximum absolute atomic E-state index is 12.3. The lowest BCUT2D eigenvalue weighted by Gasteiger charge is -2.09. The van der Waals surface area contributed by atoms with E-state index in [9.17, 15) is 14.4 Å². The Bertz CT molecular complexity index is 1080. The molecule has 0 aliphatic heterocycles. The van der Waals surface area contributed by atoms with E-state index in [0.29, 0.717) is 41.5 Å². The van der Waals surface area contributed by atoms with Gasteiger partial charge in [-0.25, -0.2) is 10.5 Å². The number of fused-ring (bicyclic) bond motifs is 1. The number of aromatic nitrogens is 2. The van der Waals surface area contributed by atoms with Crippen LogP contribution in [0.2, 0.25) is 0 Å². The van der Waals surface area contributed by atoms with Gasteiger partial charge in [-0.15, -0.1) is 0 Å². The fraction of sp³-hybridized carbons (Fsp3) is 0.200. The van der Waals surface area contributed by atoms with E-state index in [1.165, 1.54) is 0 Å². The molecule has 0 aliphatic rings. The number of hydrogen-bond donors (Lipinski definition) is 5. The number of carbonyl (C=O) groups excluding carboxylic acids is 2. The molecule has 3 aromatic rings. The molecule has 0 spiro atoms. The number of carbonyl (C=O) groups is 2. The first-order chi connectivity index (χ1) is 14.1. The Hall–Kier alpha value is -3.72. The topological polar surface area (TPSA) is 136 Å². The molecular formula is C20H21N5O4. The molecule has 9 nitrogen and oxygen atoms in total. The first kappa shape index (κ1) is 20.0. The molecule has 0 atom stereocenters. The number of rotatable bonds is 8.